The van der Waals surface area contributed by atoms with Crippen LogP contribution in [0.15, 0.2) is 218 Å². The molecule has 2 heteroatoms. The van der Waals surface area contributed by atoms with E-state index < -0.39 is 0 Å². The van der Waals surface area contributed by atoms with Gasteiger partial charge in [0.1, 0.15) is 0 Å². The molecule has 11 rings (SSSR count). The highest BCUT2D eigenvalue weighted by Gasteiger charge is 2.21. The maximum Gasteiger partial charge on any atom is 0.0548 e. The molecule has 0 aliphatic heterocycles. The maximum atomic E-state index is 2.47. The summed E-state index contributed by atoms with van der Waals surface area (Å²) in [5, 5.41) is 5.03. The van der Waals surface area contributed by atoms with Gasteiger partial charge in [-0.3, -0.25) is 0 Å². The standard InChI is InChI=1S/C54H36N2/c1-4-15-37(16-5-1)40-27-29-41(30-28-40)42-21-14-22-45(34-42)55-49-25-12-10-23-47(49)53-51(55)31-32-52-54(53)48-24-11-13-26-50(48)56(52)46-35-43(38-17-6-2-7-18-38)33-44(36-46)39-19-8-3-9-20-39/h1-36H. The zero-order chi connectivity index (χ0) is 37.0. The van der Waals surface area contributed by atoms with E-state index in [1.54, 1.807) is 0 Å². The van der Waals surface area contributed by atoms with Crippen LogP contribution in [0.2, 0.25) is 0 Å². The molecule has 56 heavy (non-hydrogen) atoms. The first-order chi connectivity index (χ1) is 27.8. The van der Waals surface area contributed by atoms with Gasteiger partial charge in [-0.15, -0.1) is 0 Å². The van der Waals surface area contributed by atoms with Crippen LogP contribution in [-0.2, 0) is 0 Å². The summed E-state index contributed by atoms with van der Waals surface area (Å²) in [4.78, 5) is 0. The second-order valence-corrected chi connectivity index (χ2v) is 14.6. The Morgan fingerprint density at radius 3 is 1.11 bits per heavy atom. The summed E-state index contributed by atoms with van der Waals surface area (Å²) in [6.07, 6.45) is 0. The number of nitrogens with zero attached hydrogens (tertiary/aromatic N) is 2. The molecule has 2 nitrogen and oxygen atoms in total. The molecule has 262 valence electrons. The van der Waals surface area contributed by atoms with E-state index in [0.717, 1.165) is 11.4 Å². The van der Waals surface area contributed by atoms with Crippen LogP contribution in [0.5, 0.6) is 0 Å². The summed E-state index contributed by atoms with van der Waals surface area (Å²) in [5.74, 6) is 0. The lowest BCUT2D eigenvalue weighted by Crippen LogP contribution is -1.96. The number of fused-ring (bicyclic) bond motifs is 7. The van der Waals surface area contributed by atoms with E-state index in [9.17, 15) is 0 Å². The van der Waals surface area contributed by atoms with Crippen LogP contribution >= 0.6 is 0 Å². The second kappa shape index (κ2) is 13.2. The fourth-order valence-electron chi connectivity index (χ4n) is 8.72. The fraction of sp³-hybridized carbons (Fsp3) is 0. The van der Waals surface area contributed by atoms with Gasteiger partial charge in [-0.25, -0.2) is 0 Å². The van der Waals surface area contributed by atoms with Crippen LogP contribution in [-0.4, -0.2) is 9.13 Å². The van der Waals surface area contributed by atoms with E-state index >= 15 is 0 Å². The number of hydrogen-bond acceptors (Lipinski definition) is 0. The topological polar surface area (TPSA) is 9.86 Å². The van der Waals surface area contributed by atoms with Crippen molar-refractivity contribution in [1.82, 2.24) is 9.13 Å². The minimum absolute atomic E-state index is 1.14. The van der Waals surface area contributed by atoms with Crippen molar-refractivity contribution in [2.75, 3.05) is 0 Å². The molecule has 11 aromatic rings. The maximum absolute atomic E-state index is 2.47. The predicted molar refractivity (Wildman–Crippen MR) is 237 cm³/mol. The summed E-state index contributed by atoms with van der Waals surface area (Å²) in [7, 11) is 0. The third-order valence-electron chi connectivity index (χ3n) is 11.3. The molecule has 0 aliphatic rings. The molecular formula is C54H36N2. The van der Waals surface area contributed by atoms with Gasteiger partial charge in [0.2, 0.25) is 0 Å². The lowest BCUT2D eigenvalue weighted by Gasteiger charge is -2.14. The van der Waals surface area contributed by atoms with Gasteiger partial charge in [-0.05, 0) is 99.1 Å². The number of aromatic nitrogens is 2. The van der Waals surface area contributed by atoms with Gasteiger partial charge < -0.3 is 9.13 Å². The molecule has 0 aliphatic carbocycles. The molecular weight excluding hydrogens is 677 g/mol. The molecule has 0 atom stereocenters. The van der Waals surface area contributed by atoms with Crippen molar-refractivity contribution < 1.29 is 0 Å². The smallest absolute Gasteiger partial charge is 0.0548 e. The van der Waals surface area contributed by atoms with Crippen molar-refractivity contribution in [2.24, 2.45) is 0 Å². The van der Waals surface area contributed by atoms with Crippen molar-refractivity contribution in [1.29, 1.82) is 0 Å². The molecule has 0 radical (unpaired) electrons. The van der Waals surface area contributed by atoms with E-state index in [1.807, 2.05) is 0 Å². The molecule has 0 N–H and O–H groups in total. The number of hydrogen-bond donors (Lipinski definition) is 0. The predicted octanol–water partition coefficient (Wildman–Crippen LogP) is 14.5. The SMILES string of the molecule is c1ccc(-c2ccc(-c3cccc(-n4c5ccccc5c5c6c7ccccc7n(-c7cc(-c8ccccc8)cc(-c8ccccc8)c7)c6ccc54)c3)cc2)cc1. The van der Waals surface area contributed by atoms with Gasteiger partial charge in [-0.1, -0.05) is 164 Å². The monoisotopic (exact) mass is 712 g/mol. The minimum Gasteiger partial charge on any atom is -0.309 e. The zero-order valence-corrected chi connectivity index (χ0v) is 30.7. The summed E-state index contributed by atoms with van der Waals surface area (Å²) in [6, 6.07) is 79.4. The minimum atomic E-state index is 1.14. The second-order valence-electron chi connectivity index (χ2n) is 14.6. The highest BCUT2D eigenvalue weighted by molar-refractivity contribution is 6.29. The Morgan fingerprint density at radius 1 is 0.214 bits per heavy atom. The first-order valence-electron chi connectivity index (χ1n) is 19.3. The van der Waals surface area contributed by atoms with E-state index in [2.05, 4.69) is 228 Å². The average Bonchev–Trinajstić information content (AvgIpc) is 3.80. The van der Waals surface area contributed by atoms with E-state index in [0.29, 0.717) is 0 Å². The van der Waals surface area contributed by atoms with Crippen LogP contribution in [0.25, 0.3) is 99.5 Å². The average molecular weight is 713 g/mol. The molecule has 2 aromatic heterocycles. The van der Waals surface area contributed by atoms with Crippen LogP contribution in [0.3, 0.4) is 0 Å². The molecule has 0 unspecified atom stereocenters. The van der Waals surface area contributed by atoms with Gasteiger partial charge in [-0.2, -0.15) is 0 Å². The van der Waals surface area contributed by atoms with Gasteiger partial charge in [0, 0.05) is 32.9 Å². The van der Waals surface area contributed by atoms with Crippen molar-refractivity contribution in [3.63, 3.8) is 0 Å². The van der Waals surface area contributed by atoms with Gasteiger partial charge >= 0.3 is 0 Å². The molecule has 0 amide bonds. The van der Waals surface area contributed by atoms with Crippen molar-refractivity contribution in [3.8, 4) is 55.9 Å². The van der Waals surface area contributed by atoms with Crippen LogP contribution in [0.1, 0.15) is 0 Å². The van der Waals surface area contributed by atoms with Crippen LogP contribution in [0.4, 0.5) is 0 Å². The summed E-state index contributed by atoms with van der Waals surface area (Å²) < 4.78 is 4.91. The van der Waals surface area contributed by atoms with E-state index in [-0.39, 0.29) is 0 Å². The highest BCUT2D eigenvalue weighted by atomic mass is 15.0. The Morgan fingerprint density at radius 2 is 0.589 bits per heavy atom. The van der Waals surface area contributed by atoms with Gasteiger partial charge in [0.05, 0.1) is 22.1 Å². The summed E-state index contributed by atoms with van der Waals surface area (Å²) >= 11 is 0. The quantitative estimate of drug-likeness (QED) is 0.162. The third kappa shape index (κ3) is 5.26. The lowest BCUT2D eigenvalue weighted by atomic mass is 9.98. The first-order valence-corrected chi connectivity index (χ1v) is 19.3. The number of benzene rings is 9. The van der Waals surface area contributed by atoms with E-state index in [1.165, 1.54) is 88.1 Å². The largest absolute Gasteiger partial charge is 0.309 e. The Bertz CT molecular complexity index is 3150. The molecule has 0 saturated heterocycles. The molecule has 0 fully saturated rings. The summed E-state index contributed by atoms with van der Waals surface area (Å²) in [6.45, 7) is 0. The van der Waals surface area contributed by atoms with Crippen molar-refractivity contribution in [3.05, 3.63) is 218 Å². The molecule has 0 spiro atoms. The van der Waals surface area contributed by atoms with Crippen molar-refractivity contribution in [2.45, 2.75) is 0 Å². The van der Waals surface area contributed by atoms with Crippen LogP contribution < -0.4 is 0 Å². The highest BCUT2D eigenvalue weighted by Crippen LogP contribution is 2.43. The molecule has 0 saturated carbocycles. The Kier molecular flexibility index (Phi) is 7.53. The Hall–Kier alpha value is -7.42. The Balaban J connectivity index is 1.13. The van der Waals surface area contributed by atoms with E-state index in [4.69, 9.17) is 0 Å². The lowest BCUT2D eigenvalue weighted by molar-refractivity contribution is 1.17. The number of rotatable bonds is 6. The number of para-hydroxylation sites is 2. The van der Waals surface area contributed by atoms with Gasteiger partial charge in [0.25, 0.3) is 0 Å². The fourth-order valence-corrected chi connectivity index (χ4v) is 8.72. The molecule has 2 heterocycles. The third-order valence-corrected chi connectivity index (χ3v) is 11.3. The normalized spacial score (nSPS) is 11.6. The summed E-state index contributed by atoms with van der Waals surface area (Å²) in [5.41, 5.74) is 16.7. The molecule has 0 bridgehead atoms. The Labute approximate surface area is 325 Å². The molecule has 9 aromatic carbocycles. The van der Waals surface area contributed by atoms with Crippen LogP contribution in [0, 0.1) is 0 Å². The van der Waals surface area contributed by atoms with Gasteiger partial charge in [0.15, 0.2) is 0 Å². The zero-order valence-electron chi connectivity index (χ0n) is 30.7. The van der Waals surface area contributed by atoms with Crippen molar-refractivity contribution >= 4 is 43.6 Å². The first kappa shape index (κ1) is 32.0.